The third-order valence-corrected chi connectivity index (χ3v) is 5.17. The average Bonchev–Trinajstić information content (AvgIpc) is 2.77. The van der Waals surface area contributed by atoms with E-state index in [9.17, 15) is 14.4 Å². The lowest BCUT2D eigenvalue weighted by molar-refractivity contribution is -0.128. The van der Waals surface area contributed by atoms with Crippen LogP contribution < -0.4 is 22.1 Å². The molecule has 32 heavy (non-hydrogen) atoms. The lowest BCUT2D eigenvalue weighted by Crippen LogP contribution is -2.51. The number of hydrogen-bond donors (Lipinski definition) is 4. The number of nitrogens with one attached hydrogen (secondary N) is 2. The molecular formula is C23H29ClN4O4. The lowest BCUT2D eigenvalue weighted by atomic mass is 10.0. The van der Waals surface area contributed by atoms with Crippen molar-refractivity contribution >= 4 is 29.5 Å². The number of rotatable bonds is 12. The first kappa shape index (κ1) is 25.2. The van der Waals surface area contributed by atoms with Gasteiger partial charge in [0, 0.05) is 17.1 Å². The summed E-state index contributed by atoms with van der Waals surface area (Å²) in [6.07, 6.45) is 1.29. The topological polar surface area (TPSA) is 137 Å². The van der Waals surface area contributed by atoms with Crippen LogP contribution >= 0.6 is 11.6 Å². The number of halogens is 1. The number of amides is 3. The Morgan fingerprint density at radius 3 is 2.38 bits per heavy atom. The van der Waals surface area contributed by atoms with Crippen molar-refractivity contribution in [2.45, 2.75) is 44.4 Å². The lowest BCUT2D eigenvalue weighted by Gasteiger charge is -2.18. The number of carbonyl (C=O) groups is 3. The first-order valence-electron chi connectivity index (χ1n) is 10.4. The third kappa shape index (κ3) is 8.95. The quantitative estimate of drug-likeness (QED) is 0.360. The molecule has 2 aromatic rings. The molecule has 0 bridgehead atoms. The third-order valence-electron chi connectivity index (χ3n) is 4.80. The Morgan fingerprint density at radius 2 is 1.69 bits per heavy atom. The zero-order valence-electron chi connectivity index (χ0n) is 17.8. The molecule has 0 heterocycles. The van der Waals surface area contributed by atoms with Gasteiger partial charge in [-0.25, -0.2) is 4.79 Å². The molecule has 172 valence electrons. The molecule has 8 nitrogen and oxygen atoms in total. The Kier molecular flexibility index (Phi) is 10.5. The molecule has 0 radical (unpaired) electrons. The summed E-state index contributed by atoms with van der Waals surface area (Å²) in [5.41, 5.74) is 13.0. The summed E-state index contributed by atoms with van der Waals surface area (Å²) >= 11 is 6.02. The highest BCUT2D eigenvalue weighted by Crippen LogP contribution is 2.15. The Hall–Kier alpha value is -3.10. The highest BCUT2D eigenvalue weighted by Gasteiger charge is 2.21. The van der Waals surface area contributed by atoms with Crippen molar-refractivity contribution in [3.63, 3.8) is 0 Å². The van der Waals surface area contributed by atoms with Crippen LogP contribution in [0.2, 0.25) is 5.02 Å². The molecule has 0 aliphatic rings. The molecule has 6 N–H and O–H groups in total. The zero-order valence-corrected chi connectivity index (χ0v) is 18.5. The molecule has 2 aromatic carbocycles. The predicted molar refractivity (Wildman–Crippen MR) is 123 cm³/mol. The number of nitrogens with two attached hydrogens (primary N) is 2. The maximum atomic E-state index is 12.3. The highest BCUT2D eigenvalue weighted by molar-refractivity contribution is 6.31. The van der Waals surface area contributed by atoms with Crippen molar-refractivity contribution in [3.05, 3.63) is 70.7 Å². The number of primary amides is 1. The number of hydrogen-bond acceptors (Lipinski definition) is 5. The maximum Gasteiger partial charge on any atom is 0.407 e. The zero-order chi connectivity index (χ0) is 23.3. The fourth-order valence-corrected chi connectivity index (χ4v) is 3.19. The van der Waals surface area contributed by atoms with Gasteiger partial charge >= 0.3 is 6.09 Å². The number of alkyl carbamates (subject to hydrolysis) is 1. The average molecular weight is 461 g/mol. The van der Waals surface area contributed by atoms with Crippen molar-refractivity contribution in [3.8, 4) is 0 Å². The number of benzene rings is 2. The van der Waals surface area contributed by atoms with Crippen LogP contribution in [-0.2, 0) is 27.4 Å². The van der Waals surface area contributed by atoms with Crippen LogP contribution in [0, 0.1) is 0 Å². The monoisotopic (exact) mass is 460 g/mol. The smallest absolute Gasteiger partial charge is 0.407 e. The second-order valence-electron chi connectivity index (χ2n) is 7.35. The minimum Gasteiger partial charge on any atom is -0.445 e. The molecule has 2 unspecified atom stereocenters. The van der Waals surface area contributed by atoms with E-state index in [1.165, 1.54) is 0 Å². The van der Waals surface area contributed by atoms with Gasteiger partial charge in [-0.1, -0.05) is 60.1 Å². The van der Waals surface area contributed by atoms with Crippen molar-refractivity contribution in [1.29, 1.82) is 0 Å². The van der Waals surface area contributed by atoms with Crippen LogP contribution in [0.3, 0.4) is 0 Å². The molecule has 0 aliphatic heterocycles. The number of unbranched alkanes of at least 4 members (excludes halogenated alkanes) is 1. The molecule has 9 heteroatoms. The fraction of sp³-hybridized carbons (Fsp3) is 0.348. The van der Waals surface area contributed by atoms with E-state index >= 15 is 0 Å². The van der Waals surface area contributed by atoms with Crippen LogP contribution in [0.5, 0.6) is 0 Å². The molecule has 0 aliphatic carbocycles. The summed E-state index contributed by atoms with van der Waals surface area (Å²) in [5.74, 6) is -1.06. The van der Waals surface area contributed by atoms with Crippen LogP contribution in [0.4, 0.5) is 4.79 Å². The molecule has 0 saturated carbocycles. The van der Waals surface area contributed by atoms with E-state index in [2.05, 4.69) is 10.6 Å². The molecular weight excluding hydrogens is 432 g/mol. The van der Waals surface area contributed by atoms with Gasteiger partial charge in [0.15, 0.2) is 0 Å². The van der Waals surface area contributed by atoms with Crippen molar-refractivity contribution in [2.75, 3.05) is 6.54 Å². The minimum atomic E-state index is -0.823. The Labute approximate surface area is 192 Å². The van der Waals surface area contributed by atoms with Gasteiger partial charge in [-0.3, -0.25) is 9.59 Å². The Morgan fingerprint density at radius 1 is 1.00 bits per heavy atom. The van der Waals surface area contributed by atoms with E-state index in [1.807, 2.05) is 36.4 Å². The molecule has 0 aromatic heterocycles. The first-order valence-corrected chi connectivity index (χ1v) is 10.8. The number of carbonyl (C=O) groups excluding carboxylic acids is 3. The van der Waals surface area contributed by atoms with Gasteiger partial charge in [-0.2, -0.15) is 0 Å². The van der Waals surface area contributed by atoms with E-state index in [1.54, 1.807) is 18.2 Å². The van der Waals surface area contributed by atoms with Crippen LogP contribution in [0.15, 0.2) is 54.6 Å². The summed E-state index contributed by atoms with van der Waals surface area (Å²) in [4.78, 5) is 35.8. The summed E-state index contributed by atoms with van der Waals surface area (Å²) in [7, 11) is 0. The van der Waals surface area contributed by atoms with Crippen molar-refractivity contribution < 1.29 is 19.1 Å². The van der Waals surface area contributed by atoms with E-state index in [0.717, 1.165) is 11.1 Å². The summed E-state index contributed by atoms with van der Waals surface area (Å²) in [6.45, 7) is 0.429. The van der Waals surface area contributed by atoms with Gasteiger partial charge < -0.3 is 26.8 Å². The van der Waals surface area contributed by atoms with E-state index in [0.29, 0.717) is 37.3 Å². The van der Waals surface area contributed by atoms with Crippen molar-refractivity contribution in [2.24, 2.45) is 11.5 Å². The van der Waals surface area contributed by atoms with Crippen LogP contribution in [-0.4, -0.2) is 36.5 Å². The molecule has 2 rings (SSSR count). The SMILES string of the molecule is NC(=O)C(CCCCNC(=O)OCc1ccccc1Cl)NC(=O)C(N)Cc1ccccc1. The van der Waals surface area contributed by atoms with Crippen LogP contribution in [0.25, 0.3) is 0 Å². The number of ether oxygens (including phenoxy) is 1. The second kappa shape index (κ2) is 13.3. The Balaban J connectivity index is 1.65. The molecule has 0 spiro atoms. The van der Waals surface area contributed by atoms with Crippen LogP contribution in [0.1, 0.15) is 30.4 Å². The highest BCUT2D eigenvalue weighted by atomic mass is 35.5. The Bertz CT molecular complexity index is 895. The molecule has 3 amide bonds. The van der Waals surface area contributed by atoms with E-state index in [4.69, 9.17) is 27.8 Å². The minimum absolute atomic E-state index is 0.0739. The van der Waals surface area contributed by atoms with Crippen molar-refractivity contribution in [1.82, 2.24) is 10.6 Å². The maximum absolute atomic E-state index is 12.3. The molecule has 0 saturated heterocycles. The van der Waals surface area contributed by atoms with Gasteiger partial charge in [-0.15, -0.1) is 0 Å². The summed E-state index contributed by atoms with van der Waals surface area (Å²) in [5, 5.41) is 5.78. The standard InChI is InChI=1S/C23H29ClN4O4/c24-18-11-5-4-10-17(18)15-32-23(31)27-13-7-6-12-20(21(26)29)28-22(30)19(25)14-16-8-2-1-3-9-16/h1-5,8-11,19-20H,6-7,12-15,25H2,(H2,26,29)(H,27,31)(H,28,30). The van der Waals surface area contributed by atoms with Gasteiger partial charge in [0.05, 0.1) is 6.04 Å². The van der Waals surface area contributed by atoms with E-state index < -0.39 is 30.0 Å². The van der Waals surface area contributed by atoms with Gasteiger partial charge in [0.2, 0.25) is 11.8 Å². The normalized spacial score (nSPS) is 12.4. The first-order chi connectivity index (χ1) is 15.4. The second-order valence-corrected chi connectivity index (χ2v) is 7.76. The van der Waals surface area contributed by atoms with Gasteiger partial charge in [-0.05, 0) is 37.3 Å². The van der Waals surface area contributed by atoms with Gasteiger partial charge in [0.1, 0.15) is 12.6 Å². The van der Waals surface area contributed by atoms with E-state index in [-0.39, 0.29) is 6.61 Å². The molecule has 0 fully saturated rings. The fourth-order valence-electron chi connectivity index (χ4n) is 3.00. The van der Waals surface area contributed by atoms with Gasteiger partial charge in [0.25, 0.3) is 0 Å². The predicted octanol–water partition coefficient (Wildman–Crippen LogP) is 2.28. The largest absolute Gasteiger partial charge is 0.445 e. The molecule has 2 atom stereocenters. The summed E-state index contributed by atoms with van der Waals surface area (Å²) in [6, 6.07) is 14.9. The summed E-state index contributed by atoms with van der Waals surface area (Å²) < 4.78 is 5.12.